The van der Waals surface area contributed by atoms with Crippen LogP contribution in [0.4, 0.5) is 5.69 Å². The van der Waals surface area contributed by atoms with Crippen molar-refractivity contribution in [1.29, 1.82) is 0 Å². The predicted molar refractivity (Wildman–Crippen MR) is 178 cm³/mol. The number of anilines is 1. The maximum Gasteiger partial charge on any atom is 0.243 e. The van der Waals surface area contributed by atoms with Crippen LogP contribution >= 0.6 is 23.2 Å². The average Bonchev–Trinajstić information content (AvgIpc) is 3.01. The molecule has 1 aliphatic heterocycles. The van der Waals surface area contributed by atoms with E-state index in [-0.39, 0.29) is 37.7 Å². The van der Waals surface area contributed by atoms with Gasteiger partial charge in [-0.3, -0.25) is 13.9 Å². The summed E-state index contributed by atoms with van der Waals surface area (Å²) in [5, 5.41) is 3.83. The zero-order chi connectivity index (χ0) is 32.4. The van der Waals surface area contributed by atoms with E-state index in [2.05, 4.69) is 5.32 Å². The van der Waals surface area contributed by atoms with Crippen molar-refractivity contribution < 1.29 is 27.5 Å². The molecule has 1 aliphatic rings. The van der Waals surface area contributed by atoms with Crippen LogP contribution in [0.5, 0.6) is 11.5 Å². The highest BCUT2D eigenvalue weighted by molar-refractivity contribution is 7.92. The van der Waals surface area contributed by atoms with Gasteiger partial charge in [-0.2, -0.15) is 0 Å². The summed E-state index contributed by atoms with van der Waals surface area (Å²) >= 11 is 12.7. The van der Waals surface area contributed by atoms with Crippen LogP contribution in [-0.2, 0) is 32.6 Å². The van der Waals surface area contributed by atoms with Gasteiger partial charge in [-0.15, -0.1) is 0 Å². The van der Waals surface area contributed by atoms with Gasteiger partial charge in [0.25, 0.3) is 0 Å². The largest absolute Gasteiger partial charge is 0.486 e. The van der Waals surface area contributed by atoms with Crippen molar-refractivity contribution in [3.05, 3.63) is 87.9 Å². The molecule has 0 fully saturated rings. The average molecular weight is 677 g/mol. The third kappa shape index (κ3) is 9.76. The van der Waals surface area contributed by atoms with Crippen LogP contribution in [0.2, 0.25) is 10.0 Å². The summed E-state index contributed by atoms with van der Waals surface area (Å²) in [6, 6.07) is 18.7. The Labute approximate surface area is 275 Å². The Morgan fingerprint density at radius 3 is 2.38 bits per heavy atom. The molecule has 0 aliphatic carbocycles. The number of halogens is 2. The van der Waals surface area contributed by atoms with Crippen LogP contribution in [-0.4, -0.2) is 63.7 Å². The van der Waals surface area contributed by atoms with Crippen molar-refractivity contribution in [3.63, 3.8) is 0 Å². The molecule has 0 spiro atoms. The number of fused-ring (bicyclic) bond motifs is 1. The van der Waals surface area contributed by atoms with Gasteiger partial charge in [0.15, 0.2) is 11.5 Å². The third-order valence-corrected chi connectivity index (χ3v) is 9.20. The highest BCUT2D eigenvalue weighted by Crippen LogP contribution is 2.35. The molecule has 45 heavy (non-hydrogen) atoms. The molecule has 1 N–H and O–H groups in total. The van der Waals surface area contributed by atoms with Gasteiger partial charge in [0.1, 0.15) is 19.3 Å². The molecule has 4 rings (SSSR count). The molecule has 3 aromatic carbocycles. The van der Waals surface area contributed by atoms with Gasteiger partial charge in [0.05, 0.1) is 11.9 Å². The minimum absolute atomic E-state index is 0.00465. The number of unbranched alkanes of at least 4 members (excludes halogenated alkanes) is 1. The minimum Gasteiger partial charge on any atom is -0.486 e. The first-order valence-electron chi connectivity index (χ1n) is 15.0. The van der Waals surface area contributed by atoms with Gasteiger partial charge in [0, 0.05) is 48.6 Å². The van der Waals surface area contributed by atoms with Crippen molar-refractivity contribution in [3.8, 4) is 11.5 Å². The standard InChI is InChI=1S/C33H39Cl2N3O6S/c1-3-4-16-36-33(40)29(20-24-9-6-5-7-10-24)37(23-25-12-13-26(34)21-28(25)35)32(39)11-8-17-38(45(2,41)42)27-14-15-30-31(22-27)44-19-18-43-30/h5-7,9-10,12-15,21-22,29H,3-4,8,11,16-20,23H2,1-2H3,(H,36,40)/t29-/m1/s1. The Bertz CT molecular complexity index is 1570. The van der Waals surface area contributed by atoms with Crippen LogP contribution in [0.15, 0.2) is 66.7 Å². The molecule has 0 unspecified atom stereocenters. The summed E-state index contributed by atoms with van der Waals surface area (Å²) in [7, 11) is -3.69. The first-order chi connectivity index (χ1) is 21.6. The molecule has 0 bridgehead atoms. The molecule has 0 saturated carbocycles. The molecule has 0 aromatic heterocycles. The number of ether oxygens (including phenoxy) is 2. The summed E-state index contributed by atoms with van der Waals surface area (Å²) in [6.07, 6.45) is 3.34. The van der Waals surface area contributed by atoms with E-state index in [1.165, 1.54) is 9.21 Å². The quantitative estimate of drug-likeness (QED) is 0.202. The Morgan fingerprint density at radius 2 is 1.69 bits per heavy atom. The predicted octanol–water partition coefficient (Wildman–Crippen LogP) is 5.87. The van der Waals surface area contributed by atoms with E-state index >= 15 is 0 Å². The first kappa shape index (κ1) is 34.4. The van der Waals surface area contributed by atoms with Crippen LogP contribution in [0, 0.1) is 0 Å². The first-order valence-corrected chi connectivity index (χ1v) is 17.6. The number of hydrogen-bond donors (Lipinski definition) is 1. The van der Waals surface area contributed by atoms with Gasteiger partial charge >= 0.3 is 0 Å². The second kappa shape index (κ2) is 16.2. The lowest BCUT2D eigenvalue weighted by Gasteiger charge is -2.32. The summed E-state index contributed by atoms with van der Waals surface area (Å²) in [6.45, 7) is 3.44. The number of hydrogen-bond acceptors (Lipinski definition) is 6. The number of carbonyl (C=O) groups is 2. The number of nitrogens with one attached hydrogen (secondary N) is 1. The highest BCUT2D eigenvalue weighted by atomic mass is 35.5. The summed E-state index contributed by atoms with van der Waals surface area (Å²) in [5.74, 6) is 0.446. The smallest absolute Gasteiger partial charge is 0.243 e. The fourth-order valence-electron chi connectivity index (χ4n) is 5.08. The Morgan fingerprint density at radius 1 is 0.956 bits per heavy atom. The van der Waals surface area contributed by atoms with Gasteiger partial charge in [0.2, 0.25) is 21.8 Å². The maximum absolute atomic E-state index is 14.0. The van der Waals surface area contributed by atoms with Crippen LogP contribution in [0.3, 0.4) is 0 Å². The van der Waals surface area contributed by atoms with Gasteiger partial charge in [-0.05, 0) is 48.2 Å². The second-order valence-corrected chi connectivity index (χ2v) is 13.6. The van der Waals surface area contributed by atoms with Crippen molar-refractivity contribution in [2.75, 3.05) is 36.9 Å². The second-order valence-electron chi connectivity index (χ2n) is 10.9. The number of carbonyl (C=O) groups excluding carboxylic acids is 2. The molecule has 0 radical (unpaired) electrons. The molecular formula is C33H39Cl2N3O6S. The molecule has 3 aromatic rings. The van der Waals surface area contributed by atoms with E-state index in [1.807, 2.05) is 37.3 Å². The molecule has 1 atom stereocenters. The third-order valence-electron chi connectivity index (χ3n) is 7.42. The zero-order valence-corrected chi connectivity index (χ0v) is 27.8. The number of rotatable bonds is 15. The van der Waals surface area contributed by atoms with E-state index in [4.69, 9.17) is 32.7 Å². The van der Waals surface area contributed by atoms with Crippen molar-refractivity contribution in [1.82, 2.24) is 10.2 Å². The van der Waals surface area contributed by atoms with Gasteiger partial charge < -0.3 is 19.7 Å². The lowest BCUT2D eigenvalue weighted by Crippen LogP contribution is -2.50. The van der Waals surface area contributed by atoms with Gasteiger partial charge in [-0.1, -0.05) is 72.9 Å². The van der Waals surface area contributed by atoms with Gasteiger partial charge in [-0.25, -0.2) is 8.42 Å². The Hall–Kier alpha value is -3.47. The fraction of sp³-hybridized carbons (Fsp3) is 0.394. The van der Waals surface area contributed by atoms with Crippen molar-refractivity contribution in [2.45, 2.75) is 51.6 Å². The monoisotopic (exact) mass is 675 g/mol. The fourth-order valence-corrected chi connectivity index (χ4v) is 6.51. The number of nitrogens with zero attached hydrogens (tertiary/aromatic N) is 2. The van der Waals surface area contributed by atoms with Crippen LogP contribution in [0.1, 0.15) is 43.7 Å². The maximum atomic E-state index is 14.0. The SMILES string of the molecule is CCCCNC(=O)[C@@H](Cc1ccccc1)N(Cc1ccc(Cl)cc1Cl)C(=O)CCCN(c1ccc2c(c1)OCCO2)S(C)(=O)=O. The normalized spacial score (nSPS) is 13.2. The molecular weight excluding hydrogens is 637 g/mol. The lowest BCUT2D eigenvalue weighted by molar-refractivity contribution is -0.141. The Kier molecular flexibility index (Phi) is 12.4. The molecule has 12 heteroatoms. The summed E-state index contributed by atoms with van der Waals surface area (Å²) in [5.41, 5.74) is 1.95. The number of sulfonamides is 1. The molecule has 9 nitrogen and oxygen atoms in total. The Balaban J connectivity index is 1.59. The summed E-state index contributed by atoms with van der Waals surface area (Å²) in [4.78, 5) is 29.2. The van der Waals surface area contributed by atoms with E-state index < -0.39 is 16.1 Å². The van der Waals surface area contributed by atoms with Crippen molar-refractivity contribution in [2.24, 2.45) is 0 Å². The number of benzene rings is 3. The highest BCUT2D eigenvalue weighted by Gasteiger charge is 2.31. The van der Waals surface area contributed by atoms with Crippen LogP contribution in [0.25, 0.3) is 0 Å². The van der Waals surface area contributed by atoms with Crippen LogP contribution < -0.4 is 19.1 Å². The molecule has 242 valence electrons. The summed E-state index contributed by atoms with van der Waals surface area (Å²) < 4.78 is 38.1. The zero-order valence-electron chi connectivity index (χ0n) is 25.5. The topological polar surface area (TPSA) is 105 Å². The van der Waals surface area contributed by atoms with E-state index in [0.717, 1.165) is 24.7 Å². The molecule has 0 saturated heterocycles. The van der Waals surface area contributed by atoms with E-state index in [0.29, 0.717) is 59.0 Å². The van der Waals surface area contributed by atoms with Crippen molar-refractivity contribution >= 4 is 50.7 Å². The molecule has 1 heterocycles. The van der Waals surface area contributed by atoms with E-state index in [1.54, 1.807) is 36.4 Å². The molecule has 2 amide bonds. The lowest BCUT2D eigenvalue weighted by atomic mass is 10.0. The van der Waals surface area contributed by atoms with E-state index in [9.17, 15) is 18.0 Å². The minimum atomic E-state index is -3.69. The number of amides is 2.